The molecule has 0 heterocycles. The van der Waals surface area contributed by atoms with Crippen molar-refractivity contribution in [3.8, 4) is 0 Å². The Balaban J connectivity index is 0. The lowest BCUT2D eigenvalue weighted by atomic mass is 10.1. The Morgan fingerprint density at radius 1 is 0.958 bits per heavy atom. The fourth-order valence-electron chi connectivity index (χ4n) is 2.37. The normalized spacial score (nSPS) is 11.8. The van der Waals surface area contributed by atoms with Gasteiger partial charge in [0.2, 0.25) is 0 Å². The van der Waals surface area contributed by atoms with Gasteiger partial charge >= 0.3 is 5.97 Å². The summed E-state index contributed by atoms with van der Waals surface area (Å²) in [5.74, 6) is 0.0504. The van der Waals surface area contributed by atoms with Crippen LogP contribution >= 0.6 is 0 Å². The maximum Gasteiger partial charge on any atom is 0.330 e. The quantitative estimate of drug-likeness (QED) is 0.311. The van der Waals surface area contributed by atoms with Crippen LogP contribution in [0, 0.1) is 5.92 Å². The molecule has 0 aromatic rings. The first kappa shape index (κ1) is 25.4. The molecule has 0 amide bonds. The maximum atomic E-state index is 10.7. The predicted molar refractivity (Wildman–Crippen MR) is 106 cm³/mol. The van der Waals surface area contributed by atoms with Crippen LogP contribution in [0.4, 0.5) is 0 Å². The van der Waals surface area contributed by atoms with Gasteiger partial charge in [-0.1, -0.05) is 67.4 Å². The third kappa shape index (κ3) is 16.0. The number of hydrogen-bond acceptors (Lipinski definition) is 3. The highest BCUT2D eigenvalue weighted by molar-refractivity contribution is 5.81. The van der Waals surface area contributed by atoms with E-state index in [1.165, 1.54) is 64.2 Å². The van der Waals surface area contributed by atoms with Crippen molar-refractivity contribution in [1.82, 2.24) is 4.90 Å². The van der Waals surface area contributed by atoms with Crippen LogP contribution in [0.1, 0.15) is 86.5 Å². The van der Waals surface area contributed by atoms with Crippen molar-refractivity contribution in [1.29, 1.82) is 0 Å². The zero-order valence-electron chi connectivity index (χ0n) is 17.3. The Bertz CT molecular complexity index is 271. The Labute approximate surface area is 151 Å². The second-order valence-corrected chi connectivity index (χ2v) is 6.73. The number of hydrogen-bond donors (Lipinski definition) is 0. The molecule has 1 atom stereocenters. The average Bonchev–Trinajstić information content (AvgIpc) is 2.58. The molecule has 1 unspecified atom stereocenters. The lowest BCUT2D eigenvalue weighted by Crippen LogP contribution is -2.27. The van der Waals surface area contributed by atoms with Crippen molar-refractivity contribution in [2.45, 2.75) is 92.6 Å². The lowest BCUT2D eigenvalue weighted by Gasteiger charge is -2.21. The minimum atomic E-state index is -0.328. The van der Waals surface area contributed by atoms with Gasteiger partial charge in [-0.2, -0.15) is 0 Å². The van der Waals surface area contributed by atoms with Crippen LogP contribution in [0.15, 0.2) is 12.7 Å². The van der Waals surface area contributed by atoms with Gasteiger partial charge in [-0.05, 0) is 51.2 Å². The van der Waals surface area contributed by atoms with Crippen molar-refractivity contribution >= 4 is 5.97 Å². The molecule has 24 heavy (non-hydrogen) atoms. The summed E-state index contributed by atoms with van der Waals surface area (Å²) in [6.07, 6.45) is 10.2. The van der Waals surface area contributed by atoms with Gasteiger partial charge in [-0.3, -0.25) is 0 Å². The number of nitrogens with zero attached hydrogens (tertiary/aromatic N) is 1. The molecule has 0 spiro atoms. The van der Waals surface area contributed by atoms with Gasteiger partial charge in [0.25, 0.3) is 0 Å². The average molecular weight is 342 g/mol. The van der Waals surface area contributed by atoms with Gasteiger partial charge in [-0.15, -0.1) is 0 Å². The van der Waals surface area contributed by atoms with Gasteiger partial charge < -0.3 is 9.64 Å². The van der Waals surface area contributed by atoms with E-state index in [0.29, 0.717) is 5.92 Å². The number of unbranched alkanes of at least 4 members (excludes halogenated alkanes) is 3. The van der Waals surface area contributed by atoms with E-state index in [0.717, 1.165) is 6.42 Å². The van der Waals surface area contributed by atoms with Gasteiger partial charge in [0.15, 0.2) is 0 Å². The van der Waals surface area contributed by atoms with E-state index in [9.17, 15) is 4.79 Å². The summed E-state index contributed by atoms with van der Waals surface area (Å²) in [4.78, 5) is 13.4. The van der Waals surface area contributed by atoms with E-state index in [2.05, 4.69) is 32.3 Å². The van der Waals surface area contributed by atoms with Crippen LogP contribution in [-0.2, 0) is 9.53 Å². The number of esters is 1. The number of rotatable bonds is 13. The molecule has 3 nitrogen and oxygen atoms in total. The molecule has 144 valence electrons. The summed E-state index contributed by atoms with van der Waals surface area (Å²) >= 11 is 0. The summed E-state index contributed by atoms with van der Waals surface area (Å²) in [6, 6.07) is 0. The zero-order valence-corrected chi connectivity index (χ0v) is 17.3. The van der Waals surface area contributed by atoms with E-state index >= 15 is 0 Å². The minimum Gasteiger partial charge on any atom is -0.459 e. The van der Waals surface area contributed by atoms with E-state index in [1.54, 1.807) is 0 Å². The van der Waals surface area contributed by atoms with Crippen LogP contribution in [0.5, 0.6) is 0 Å². The third-order valence-electron chi connectivity index (χ3n) is 4.06. The highest BCUT2D eigenvalue weighted by atomic mass is 16.5. The number of carbonyl (C=O) groups is 1. The van der Waals surface area contributed by atoms with E-state index in [4.69, 9.17) is 4.74 Å². The molecule has 0 aliphatic carbocycles. The Kier molecular flexibility index (Phi) is 19.6. The predicted octanol–water partition coefficient (Wildman–Crippen LogP) is 5.84. The number of carbonyl (C=O) groups excluding carboxylic acids is 1. The molecule has 0 saturated heterocycles. The molecule has 3 heteroatoms. The Morgan fingerprint density at radius 3 is 1.62 bits per heavy atom. The lowest BCUT2D eigenvalue weighted by molar-refractivity contribution is -0.145. The molecule has 0 rings (SSSR count). The Hall–Kier alpha value is -0.830. The van der Waals surface area contributed by atoms with Crippen molar-refractivity contribution in [3.05, 3.63) is 12.7 Å². The maximum absolute atomic E-state index is 10.7. The fraction of sp³-hybridized carbons (Fsp3) is 0.857. The van der Waals surface area contributed by atoms with E-state index in [1.807, 2.05) is 20.8 Å². The molecule has 0 radical (unpaired) electrons. The standard InChI is InChI=1S/C12H27N.C9H16O2/c1-4-7-10-13(11-8-5-2)12-9-6-3;1-5-8(7(3)4)11-9(10)6-2/h4-12H2,1-3H3;6-8H,2,5H2,1,3-4H3. The summed E-state index contributed by atoms with van der Waals surface area (Å²) in [7, 11) is 0. The van der Waals surface area contributed by atoms with E-state index < -0.39 is 0 Å². The summed E-state index contributed by atoms with van der Waals surface area (Å²) in [6.45, 7) is 20.2. The van der Waals surface area contributed by atoms with E-state index in [-0.39, 0.29) is 12.1 Å². The molecule has 0 bridgehead atoms. The SMILES string of the molecule is C=CC(=O)OC(CC)C(C)C.CCCCN(CCCC)CCCC. The van der Waals surface area contributed by atoms with Crippen molar-refractivity contribution < 1.29 is 9.53 Å². The first-order valence-electron chi connectivity index (χ1n) is 10.0. The highest BCUT2D eigenvalue weighted by Crippen LogP contribution is 2.10. The first-order chi connectivity index (χ1) is 11.5. The summed E-state index contributed by atoms with van der Waals surface area (Å²) in [5.41, 5.74) is 0. The van der Waals surface area contributed by atoms with Crippen molar-refractivity contribution in [3.63, 3.8) is 0 Å². The fourth-order valence-corrected chi connectivity index (χ4v) is 2.37. The molecule has 0 aromatic carbocycles. The molecule has 0 fully saturated rings. The molecule has 0 saturated carbocycles. The largest absolute Gasteiger partial charge is 0.459 e. The van der Waals surface area contributed by atoms with Gasteiger partial charge in [0, 0.05) is 6.08 Å². The minimum absolute atomic E-state index is 0.0282. The van der Waals surface area contributed by atoms with Crippen LogP contribution < -0.4 is 0 Å². The van der Waals surface area contributed by atoms with Gasteiger partial charge in [0.05, 0.1) is 0 Å². The van der Waals surface area contributed by atoms with Crippen molar-refractivity contribution in [2.24, 2.45) is 5.92 Å². The molecular weight excluding hydrogens is 298 g/mol. The monoisotopic (exact) mass is 341 g/mol. The van der Waals surface area contributed by atoms with Gasteiger partial charge in [0.1, 0.15) is 6.10 Å². The summed E-state index contributed by atoms with van der Waals surface area (Å²) in [5, 5.41) is 0. The van der Waals surface area contributed by atoms with Crippen LogP contribution in [0.2, 0.25) is 0 Å². The zero-order chi connectivity index (χ0) is 18.8. The van der Waals surface area contributed by atoms with Crippen LogP contribution in [0.25, 0.3) is 0 Å². The molecule has 0 N–H and O–H groups in total. The van der Waals surface area contributed by atoms with Crippen LogP contribution in [0.3, 0.4) is 0 Å². The molecular formula is C21H43NO2. The second kappa shape index (κ2) is 18.5. The molecule has 0 aromatic heterocycles. The van der Waals surface area contributed by atoms with Crippen LogP contribution in [-0.4, -0.2) is 36.6 Å². The molecule has 0 aliphatic rings. The third-order valence-corrected chi connectivity index (χ3v) is 4.06. The highest BCUT2D eigenvalue weighted by Gasteiger charge is 2.13. The second-order valence-electron chi connectivity index (χ2n) is 6.73. The molecule has 0 aliphatic heterocycles. The first-order valence-corrected chi connectivity index (χ1v) is 10.0. The summed E-state index contributed by atoms with van der Waals surface area (Å²) < 4.78 is 5.05. The van der Waals surface area contributed by atoms with Crippen molar-refractivity contribution in [2.75, 3.05) is 19.6 Å². The smallest absolute Gasteiger partial charge is 0.330 e. The Morgan fingerprint density at radius 2 is 1.38 bits per heavy atom. The number of ether oxygens (including phenoxy) is 1. The topological polar surface area (TPSA) is 29.5 Å². The van der Waals surface area contributed by atoms with Gasteiger partial charge in [-0.25, -0.2) is 4.79 Å².